The summed E-state index contributed by atoms with van der Waals surface area (Å²) in [6.07, 6.45) is 0. The van der Waals surface area contributed by atoms with Gasteiger partial charge in [-0.25, -0.2) is 4.79 Å². The third-order valence-corrected chi connectivity index (χ3v) is 5.12. The smallest absolute Gasteiger partial charge is 0.348 e. The van der Waals surface area contributed by atoms with E-state index in [-0.39, 0.29) is 11.5 Å². The monoisotopic (exact) mass is 358 g/mol. The largest absolute Gasteiger partial charge is 0.465 e. The lowest BCUT2D eigenvalue weighted by Gasteiger charge is -2.03. The molecular formula is C15H10N4O3S2. The minimum absolute atomic E-state index is 0.255. The van der Waals surface area contributed by atoms with E-state index in [0.717, 1.165) is 23.1 Å². The minimum Gasteiger partial charge on any atom is -0.465 e. The molecule has 2 aromatic heterocycles. The molecule has 7 nitrogen and oxygen atoms in total. The van der Waals surface area contributed by atoms with Crippen molar-refractivity contribution in [3.05, 3.63) is 39.8 Å². The first-order valence-electron chi connectivity index (χ1n) is 6.70. The van der Waals surface area contributed by atoms with E-state index in [9.17, 15) is 14.9 Å². The van der Waals surface area contributed by atoms with Crippen LogP contribution in [0.5, 0.6) is 0 Å². The molecule has 120 valence electrons. The molecule has 0 atom stereocenters. The number of ether oxygens (including phenoxy) is 1. The minimum atomic E-state index is -0.538. The van der Waals surface area contributed by atoms with Crippen LogP contribution >= 0.6 is 23.1 Å². The topological polar surface area (TPSA) is 105 Å². The number of anilines is 1. The number of nitrogens with one attached hydrogen (secondary N) is 1. The summed E-state index contributed by atoms with van der Waals surface area (Å²) in [4.78, 5) is 24.5. The third-order valence-electron chi connectivity index (χ3n) is 3.37. The molecule has 2 heterocycles. The normalized spacial score (nSPS) is 10.4. The van der Waals surface area contributed by atoms with Crippen LogP contribution in [-0.2, 0) is 4.74 Å². The number of nitrogens with zero attached hydrogens (tertiary/aromatic N) is 3. The Labute approximate surface area is 144 Å². The third kappa shape index (κ3) is 2.73. The molecule has 0 aliphatic heterocycles. The molecule has 0 saturated heterocycles. The number of fused-ring (bicyclic) bond motifs is 1. The first kappa shape index (κ1) is 16.0. The van der Waals surface area contributed by atoms with Crippen LogP contribution in [-0.4, -0.2) is 27.7 Å². The molecular weight excluding hydrogens is 348 g/mol. The maximum atomic E-state index is 12.4. The number of amides is 1. The van der Waals surface area contributed by atoms with Crippen molar-refractivity contribution in [1.82, 2.24) is 8.75 Å². The molecule has 1 aromatic carbocycles. The second-order valence-corrected chi connectivity index (χ2v) is 6.33. The number of hydrogen-bond donors (Lipinski definition) is 1. The standard InChI is InChI=1S/C15H10N4O3S2/c1-7-9(6-16)14(23-12(7)15(21)22-2)17-13(20)8-3-4-10-11(5-8)19-24-18-10/h3-5H,1-2H3,(H,17,20). The van der Waals surface area contributed by atoms with Crippen LogP contribution < -0.4 is 5.32 Å². The molecule has 0 bridgehead atoms. The van der Waals surface area contributed by atoms with Crippen LogP contribution in [0.15, 0.2) is 18.2 Å². The summed E-state index contributed by atoms with van der Waals surface area (Å²) >= 11 is 2.09. The van der Waals surface area contributed by atoms with Crippen molar-refractivity contribution in [2.75, 3.05) is 12.4 Å². The summed E-state index contributed by atoms with van der Waals surface area (Å²) in [7, 11) is 1.27. The van der Waals surface area contributed by atoms with Crippen LogP contribution in [0.2, 0.25) is 0 Å². The van der Waals surface area contributed by atoms with E-state index in [4.69, 9.17) is 4.74 Å². The molecule has 0 fully saturated rings. The molecule has 1 amide bonds. The Balaban J connectivity index is 1.94. The molecule has 3 rings (SSSR count). The highest BCUT2D eigenvalue weighted by atomic mass is 32.1. The Hall–Kier alpha value is -2.83. The van der Waals surface area contributed by atoms with Crippen LogP contribution in [0.25, 0.3) is 11.0 Å². The van der Waals surface area contributed by atoms with Gasteiger partial charge in [-0.2, -0.15) is 14.0 Å². The lowest BCUT2D eigenvalue weighted by Crippen LogP contribution is -2.11. The van der Waals surface area contributed by atoms with E-state index in [1.54, 1.807) is 25.1 Å². The Bertz CT molecular complexity index is 1000. The van der Waals surface area contributed by atoms with Gasteiger partial charge in [-0.3, -0.25) is 4.79 Å². The van der Waals surface area contributed by atoms with Crippen molar-refractivity contribution < 1.29 is 14.3 Å². The first-order valence-corrected chi connectivity index (χ1v) is 8.25. The van der Waals surface area contributed by atoms with Crippen LogP contribution in [0, 0.1) is 18.3 Å². The summed E-state index contributed by atoms with van der Waals surface area (Å²) in [5, 5.41) is 12.3. The van der Waals surface area contributed by atoms with Crippen LogP contribution in [0.1, 0.15) is 31.2 Å². The highest BCUT2D eigenvalue weighted by molar-refractivity contribution is 7.18. The second-order valence-electron chi connectivity index (χ2n) is 4.79. The van der Waals surface area contributed by atoms with Crippen molar-refractivity contribution in [2.45, 2.75) is 6.92 Å². The van der Waals surface area contributed by atoms with Gasteiger partial charge in [0.05, 0.1) is 24.4 Å². The zero-order chi connectivity index (χ0) is 17.3. The van der Waals surface area contributed by atoms with Gasteiger partial charge >= 0.3 is 5.97 Å². The van der Waals surface area contributed by atoms with E-state index in [0.29, 0.717) is 32.0 Å². The molecule has 3 aromatic rings. The molecule has 0 radical (unpaired) electrons. The summed E-state index contributed by atoms with van der Waals surface area (Å²) in [5.41, 5.74) is 2.48. The van der Waals surface area contributed by atoms with Crippen molar-refractivity contribution in [1.29, 1.82) is 5.26 Å². The molecule has 0 unspecified atom stereocenters. The Kier molecular flexibility index (Phi) is 4.24. The average Bonchev–Trinajstić information content (AvgIpc) is 3.17. The number of thiophene rings is 1. The van der Waals surface area contributed by atoms with Gasteiger partial charge in [-0.15, -0.1) is 11.3 Å². The van der Waals surface area contributed by atoms with Gasteiger partial charge in [-0.1, -0.05) is 0 Å². The molecule has 0 aliphatic carbocycles. The van der Waals surface area contributed by atoms with Crippen molar-refractivity contribution >= 4 is 51.0 Å². The van der Waals surface area contributed by atoms with Gasteiger partial charge in [0, 0.05) is 5.56 Å². The highest BCUT2D eigenvalue weighted by Gasteiger charge is 2.22. The number of esters is 1. The quantitative estimate of drug-likeness (QED) is 0.722. The second kappa shape index (κ2) is 6.35. The van der Waals surface area contributed by atoms with E-state index in [2.05, 4.69) is 14.1 Å². The number of benzene rings is 1. The van der Waals surface area contributed by atoms with E-state index in [1.165, 1.54) is 7.11 Å². The molecule has 1 N–H and O–H groups in total. The predicted octanol–water partition coefficient (Wildman–Crippen LogP) is 2.97. The Morgan fingerprint density at radius 2 is 2.04 bits per heavy atom. The van der Waals surface area contributed by atoms with Gasteiger partial charge in [0.1, 0.15) is 27.0 Å². The van der Waals surface area contributed by atoms with Gasteiger partial charge in [0.25, 0.3) is 5.91 Å². The summed E-state index contributed by atoms with van der Waals surface area (Å²) in [6, 6.07) is 6.98. The molecule has 9 heteroatoms. The fourth-order valence-corrected chi connectivity index (χ4v) is 3.71. The number of nitriles is 1. The van der Waals surface area contributed by atoms with E-state index >= 15 is 0 Å². The van der Waals surface area contributed by atoms with Crippen molar-refractivity contribution in [2.24, 2.45) is 0 Å². The maximum absolute atomic E-state index is 12.4. The number of methoxy groups -OCH3 is 1. The summed E-state index contributed by atoms with van der Waals surface area (Å²) < 4.78 is 12.9. The number of aromatic nitrogens is 2. The number of rotatable bonds is 3. The zero-order valence-electron chi connectivity index (χ0n) is 12.6. The van der Waals surface area contributed by atoms with Crippen molar-refractivity contribution in [3.8, 4) is 6.07 Å². The summed E-state index contributed by atoms with van der Waals surface area (Å²) in [5.74, 6) is -0.927. The molecule has 0 spiro atoms. The van der Waals surface area contributed by atoms with Gasteiger partial charge in [-0.05, 0) is 30.7 Å². The van der Waals surface area contributed by atoms with E-state index < -0.39 is 5.97 Å². The number of carbonyl (C=O) groups excluding carboxylic acids is 2. The fraction of sp³-hybridized carbons (Fsp3) is 0.133. The zero-order valence-corrected chi connectivity index (χ0v) is 14.2. The Morgan fingerprint density at radius 1 is 1.29 bits per heavy atom. The van der Waals surface area contributed by atoms with Gasteiger partial charge in [0.15, 0.2) is 0 Å². The van der Waals surface area contributed by atoms with Crippen LogP contribution in [0.3, 0.4) is 0 Å². The lowest BCUT2D eigenvalue weighted by atomic mass is 10.1. The maximum Gasteiger partial charge on any atom is 0.348 e. The van der Waals surface area contributed by atoms with E-state index in [1.807, 2.05) is 6.07 Å². The lowest BCUT2D eigenvalue weighted by molar-refractivity contribution is 0.0605. The molecule has 24 heavy (non-hydrogen) atoms. The molecule has 0 saturated carbocycles. The van der Waals surface area contributed by atoms with Crippen LogP contribution in [0.4, 0.5) is 5.00 Å². The predicted molar refractivity (Wildman–Crippen MR) is 90.5 cm³/mol. The first-order chi connectivity index (χ1) is 11.5. The SMILES string of the molecule is COC(=O)c1sc(NC(=O)c2ccc3nsnc3c2)c(C#N)c1C. The van der Waals surface area contributed by atoms with Gasteiger partial charge < -0.3 is 10.1 Å². The summed E-state index contributed by atoms with van der Waals surface area (Å²) in [6.45, 7) is 1.64. The average molecular weight is 358 g/mol. The highest BCUT2D eigenvalue weighted by Crippen LogP contribution is 2.33. The fourth-order valence-electron chi connectivity index (χ4n) is 2.12. The van der Waals surface area contributed by atoms with Gasteiger partial charge in [0.2, 0.25) is 0 Å². The van der Waals surface area contributed by atoms with Crippen molar-refractivity contribution in [3.63, 3.8) is 0 Å². The Morgan fingerprint density at radius 3 is 2.75 bits per heavy atom. The molecule has 0 aliphatic rings. The number of hydrogen-bond acceptors (Lipinski definition) is 8. The number of carbonyl (C=O) groups is 2.